The number of rotatable bonds is 0. The summed E-state index contributed by atoms with van der Waals surface area (Å²) in [6.07, 6.45) is 1.54. The van der Waals surface area contributed by atoms with Crippen molar-refractivity contribution in [2.75, 3.05) is 0 Å². The number of carbonyl (C=O) groups excluding carboxylic acids is 2. The molecule has 19 heavy (non-hydrogen) atoms. The first-order valence-electron chi connectivity index (χ1n) is 6.28. The van der Waals surface area contributed by atoms with Crippen molar-refractivity contribution in [3.05, 3.63) is 11.6 Å². The lowest BCUT2D eigenvalue weighted by atomic mass is 9.57. The molecule has 0 bridgehead atoms. The largest absolute Gasteiger partial charge is 0.359 e. The van der Waals surface area contributed by atoms with Gasteiger partial charge in [0.25, 0.3) is 0 Å². The van der Waals surface area contributed by atoms with Crippen LogP contribution in [0.3, 0.4) is 0 Å². The van der Waals surface area contributed by atoms with Gasteiger partial charge in [0.15, 0.2) is 11.6 Å². The van der Waals surface area contributed by atoms with Crippen molar-refractivity contribution < 1.29 is 24.5 Å². The van der Waals surface area contributed by atoms with Crippen molar-refractivity contribution >= 4 is 11.6 Å². The molecule has 0 spiro atoms. The van der Waals surface area contributed by atoms with E-state index in [9.17, 15) is 14.7 Å². The highest BCUT2D eigenvalue weighted by atomic mass is 17.2. The monoisotopic (exact) mass is 268 g/mol. The van der Waals surface area contributed by atoms with E-state index < -0.39 is 28.0 Å². The van der Waals surface area contributed by atoms with Crippen LogP contribution in [0.25, 0.3) is 0 Å². The Hall–Kier alpha value is -1.04. The maximum absolute atomic E-state index is 12.5. The molecule has 1 aliphatic carbocycles. The number of fused-ring (bicyclic) bond motifs is 1. The van der Waals surface area contributed by atoms with Gasteiger partial charge in [0.2, 0.25) is 5.79 Å². The molecule has 1 N–H and O–H groups in total. The molecule has 1 unspecified atom stereocenters. The number of hydrogen-bond donors (Lipinski definition) is 1. The van der Waals surface area contributed by atoms with Gasteiger partial charge in [-0.3, -0.25) is 9.59 Å². The Morgan fingerprint density at radius 1 is 1.00 bits per heavy atom. The molecule has 5 heteroatoms. The molecule has 1 saturated carbocycles. The molecule has 0 aromatic rings. The van der Waals surface area contributed by atoms with Gasteiger partial charge in [-0.05, 0) is 47.6 Å². The van der Waals surface area contributed by atoms with Crippen LogP contribution in [0.2, 0.25) is 0 Å². The average Bonchev–Trinajstić information content (AvgIpc) is 2.28. The molecule has 5 nitrogen and oxygen atoms in total. The van der Waals surface area contributed by atoms with Crippen LogP contribution in [0, 0.1) is 10.8 Å². The maximum atomic E-state index is 12.5. The van der Waals surface area contributed by atoms with Gasteiger partial charge in [-0.1, -0.05) is 0 Å². The van der Waals surface area contributed by atoms with Crippen molar-refractivity contribution in [1.29, 1.82) is 0 Å². The first-order valence-corrected chi connectivity index (χ1v) is 6.28. The second-order valence-electron chi connectivity index (χ2n) is 6.88. The van der Waals surface area contributed by atoms with Gasteiger partial charge in [0, 0.05) is 0 Å². The molecule has 1 atom stereocenters. The fourth-order valence-corrected chi connectivity index (χ4v) is 2.72. The average molecular weight is 268 g/mol. The molecule has 1 aliphatic heterocycles. The molecule has 106 valence electrons. The first kappa shape index (κ1) is 14.4. The SMILES string of the molecule is CC1(C)C=C2C(=O)C(C)(C)C(=O)C(C)(C)C2(O)OO1. The van der Waals surface area contributed by atoms with Crippen LogP contribution in [-0.2, 0) is 19.4 Å². The van der Waals surface area contributed by atoms with E-state index in [-0.39, 0.29) is 11.4 Å². The molecular weight excluding hydrogens is 248 g/mol. The quantitative estimate of drug-likeness (QED) is 0.533. The van der Waals surface area contributed by atoms with E-state index in [1.807, 2.05) is 0 Å². The van der Waals surface area contributed by atoms with Crippen molar-refractivity contribution in [1.82, 2.24) is 0 Å². The van der Waals surface area contributed by atoms with E-state index in [4.69, 9.17) is 9.78 Å². The molecule has 0 aromatic carbocycles. The van der Waals surface area contributed by atoms with E-state index in [0.29, 0.717) is 0 Å². The third-order valence-corrected chi connectivity index (χ3v) is 4.03. The Morgan fingerprint density at radius 2 is 1.53 bits per heavy atom. The Balaban J connectivity index is 2.71. The molecule has 0 amide bonds. The van der Waals surface area contributed by atoms with Crippen molar-refractivity contribution in [3.63, 3.8) is 0 Å². The number of aliphatic hydroxyl groups is 1. The third kappa shape index (κ3) is 1.65. The Morgan fingerprint density at radius 3 is 2.05 bits per heavy atom. The van der Waals surface area contributed by atoms with Gasteiger partial charge in [-0.2, -0.15) is 4.89 Å². The highest BCUT2D eigenvalue weighted by molar-refractivity contribution is 6.19. The number of Topliss-reactive ketones (excluding diaryl/α,β-unsaturated/α-hetero) is 2. The number of carbonyl (C=O) groups is 2. The van der Waals surface area contributed by atoms with Crippen LogP contribution in [0.15, 0.2) is 11.6 Å². The fraction of sp³-hybridized carbons (Fsp3) is 0.714. The molecule has 2 rings (SSSR count). The van der Waals surface area contributed by atoms with Crippen LogP contribution in [0.1, 0.15) is 41.5 Å². The number of hydrogen-bond acceptors (Lipinski definition) is 5. The molecule has 1 heterocycles. The lowest BCUT2D eigenvalue weighted by molar-refractivity contribution is -0.462. The minimum atomic E-state index is -2.04. The Labute approximate surface area is 112 Å². The third-order valence-electron chi connectivity index (χ3n) is 4.03. The highest BCUT2D eigenvalue weighted by Crippen LogP contribution is 2.52. The molecule has 2 aliphatic rings. The van der Waals surface area contributed by atoms with Crippen LogP contribution < -0.4 is 0 Å². The van der Waals surface area contributed by atoms with Crippen molar-refractivity contribution in [2.45, 2.75) is 52.9 Å². The normalized spacial score (nSPS) is 35.6. The summed E-state index contributed by atoms with van der Waals surface area (Å²) in [5.41, 5.74) is -3.19. The molecule has 0 saturated heterocycles. The van der Waals surface area contributed by atoms with Gasteiger partial charge in [0.1, 0.15) is 5.60 Å². The number of ketones is 2. The molecular formula is C14H20O5. The standard InChI is InChI=1S/C14H20O5/c1-11(2)7-8-9(15)12(3,4)10(16)13(5,6)14(8,17)19-18-11/h7,17H,1-6H3. The second-order valence-corrected chi connectivity index (χ2v) is 6.88. The van der Waals surface area contributed by atoms with Gasteiger partial charge < -0.3 is 5.11 Å². The summed E-state index contributed by atoms with van der Waals surface area (Å²) < 4.78 is 0. The maximum Gasteiger partial charge on any atom is 0.240 e. The summed E-state index contributed by atoms with van der Waals surface area (Å²) in [6, 6.07) is 0. The Bertz CT molecular complexity index is 498. The lowest BCUT2D eigenvalue weighted by Crippen LogP contribution is -2.66. The zero-order chi connectivity index (χ0) is 14.9. The predicted molar refractivity (Wildman–Crippen MR) is 66.9 cm³/mol. The van der Waals surface area contributed by atoms with Crippen LogP contribution in [0.4, 0.5) is 0 Å². The van der Waals surface area contributed by atoms with Crippen LogP contribution in [-0.4, -0.2) is 28.1 Å². The fourth-order valence-electron chi connectivity index (χ4n) is 2.72. The minimum Gasteiger partial charge on any atom is -0.359 e. The smallest absolute Gasteiger partial charge is 0.240 e. The minimum absolute atomic E-state index is 0.0957. The van der Waals surface area contributed by atoms with E-state index in [1.165, 1.54) is 6.08 Å². The molecule has 0 radical (unpaired) electrons. The van der Waals surface area contributed by atoms with Gasteiger partial charge in [-0.15, -0.1) is 0 Å². The van der Waals surface area contributed by atoms with E-state index in [0.717, 1.165) is 0 Å². The highest BCUT2D eigenvalue weighted by Gasteiger charge is 2.67. The Kier molecular flexibility index (Phi) is 2.67. The van der Waals surface area contributed by atoms with E-state index in [2.05, 4.69) is 0 Å². The summed E-state index contributed by atoms with van der Waals surface area (Å²) in [6.45, 7) is 9.68. The van der Waals surface area contributed by atoms with Gasteiger partial charge >= 0.3 is 0 Å². The van der Waals surface area contributed by atoms with Crippen molar-refractivity contribution in [3.8, 4) is 0 Å². The molecule has 1 fully saturated rings. The van der Waals surface area contributed by atoms with E-state index in [1.54, 1.807) is 41.5 Å². The summed E-state index contributed by atoms with van der Waals surface area (Å²) in [5.74, 6) is -2.82. The van der Waals surface area contributed by atoms with Crippen LogP contribution in [0.5, 0.6) is 0 Å². The van der Waals surface area contributed by atoms with Crippen molar-refractivity contribution in [2.24, 2.45) is 10.8 Å². The molecule has 0 aromatic heterocycles. The van der Waals surface area contributed by atoms with Gasteiger partial charge in [0.05, 0.1) is 16.4 Å². The topological polar surface area (TPSA) is 72.8 Å². The summed E-state index contributed by atoms with van der Waals surface area (Å²) in [7, 11) is 0. The van der Waals surface area contributed by atoms with Crippen LogP contribution >= 0.6 is 0 Å². The summed E-state index contributed by atoms with van der Waals surface area (Å²) in [4.78, 5) is 35.1. The lowest BCUT2D eigenvalue weighted by Gasteiger charge is -2.51. The zero-order valence-corrected chi connectivity index (χ0v) is 12.2. The predicted octanol–water partition coefficient (Wildman–Crippen LogP) is 1.55. The summed E-state index contributed by atoms with van der Waals surface area (Å²) in [5, 5.41) is 10.7. The zero-order valence-electron chi connectivity index (χ0n) is 12.2. The van der Waals surface area contributed by atoms with Gasteiger partial charge in [-0.25, -0.2) is 4.89 Å². The summed E-state index contributed by atoms with van der Waals surface area (Å²) >= 11 is 0. The second kappa shape index (κ2) is 3.53. The first-order chi connectivity index (χ1) is 8.36. The van der Waals surface area contributed by atoms with E-state index >= 15 is 0 Å².